The highest BCUT2D eigenvalue weighted by atomic mass is 16.1. The van der Waals surface area contributed by atoms with Crippen molar-refractivity contribution >= 4 is 22.6 Å². The van der Waals surface area contributed by atoms with Gasteiger partial charge < -0.3 is 10.2 Å². The Kier molecular flexibility index (Phi) is 4.96. The van der Waals surface area contributed by atoms with Gasteiger partial charge in [-0.25, -0.2) is 9.97 Å². The quantitative estimate of drug-likeness (QED) is 0.773. The molecule has 1 aliphatic heterocycles. The minimum absolute atomic E-state index is 0.0274. The monoisotopic (exact) mass is 361 g/mol. The molecule has 4 rings (SSSR count). The zero-order chi connectivity index (χ0) is 18.6. The largest absolute Gasteiger partial charge is 0.356 e. The Hall–Kier alpha value is -3.02. The average Bonchev–Trinajstić information content (AvgIpc) is 2.72. The van der Waals surface area contributed by atoms with Gasteiger partial charge in [0.1, 0.15) is 5.82 Å². The standard InChI is InChI=1S/C21H23N5O/c1-15(27)23-13-16-5-4-12-26(14-16)21-18-6-2-3-7-19(18)24-20(25-21)17-8-10-22-11-9-17/h2-3,6-11,16H,4-5,12-14H2,1H3,(H,23,27). The molecule has 0 radical (unpaired) electrons. The molecule has 0 saturated carbocycles. The molecular weight excluding hydrogens is 338 g/mol. The van der Waals surface area contributed by atoms with E-state index < -0.39 is 0 Å². The number of piperidine rings is 1. The van der Waals surface area contributed by atoms with Crippen LogP contribution in [0, 0.1) is 5.92 Å². The van der Waals surface area contributed by atoms with Crippen LogP contribution in [0.5, 0.6) is 0 Å². The molecule has 138 valence electrons. The lowest BCUT2D eigenvalue weighted by molar-refractivity contribution is -0.119. The summed E-state index contributed by atoms with van der Waals surface area (Å²) in [4.78, 5) is 27.4. The first-order valence-electron chi connectivity index (χ1n) is 9.37. The predicted molar refractivity (Wildman–Crippen MR) is 106 cm³/mol. The van der Waals surface area contributed by atoms with Crippen molar-refractivity contribution in [1.29, 1.82) is 0 Å². The molecule has 6 heteroatoms. The van der Waals surface area contributed by atoms with Crippen molar-refractivity contribution in [2.45, 2.75) is 19.8 Å². The molecule has 0 bridgehead atoms. The van der Waals surface area contributed by atoms with Crippen LogP contribution in [0.4, 0.5) is 5.82 Å². The molecule has 1 saturated heterocycles. The molecule has 6 nitrogen and oxygen atoms in total. The number of aromatic nitrogens is 3. The third-order valence-electron chi connectivity index (χ3n) is 4.98. The van der Waals surface area contributed by atoms with Gasteiger partial charge in [-0.05, 0) is 43.0 Å². The van der Waals surface area contributed by atoms with Crippen molar-refractivity contribution in [3.05, 3.63) is 48.8 Å². The summed E-state index contributed by atoms with van der Waals surface area (Å²) >= 11 is 0. The van der Waals surface area contributed by atoms with E-state index in [2.05, 4.69) is 21.3 Å². The lowest BCUT2D eigenvalue weighted by Crippen LogP contribution is -2.41. The highest BCUT2D eigenvalue weighted by Gasteiger charge is 2.23. The van der Waals surface area contributed by atoms with Crippen molar-refractivity contribution in [1.82, 2.24) is 20.3 Å². The third-order valence-corrected chi connectivity index (χ3v) is 4.98. The minimum Gasteiger partial charge on any atom is -0.356 e. The summed E-state index contributed by atoms with van der Waals surface area (Å²) < 4.78 is 0. The molecule has 1 aromatic carbocycles. The van der Waals surface area contributed by atoms with Gasteiger partial charge in [-0.15, -0.1) is 0 Å². The van der Waals surface area contributed by atoms with Crippen molar-refractivity contribution in [3.63, 3.8) is 0 Å². The molecule has 0 aliphatic carbocycles. The van der Waals surface area contributed by atoms with Gasteiger partial charge in [-0.1, -0.05) is 12.1 Å². The molecule has 1 aliphatic rings. The fourth-order valence-corrected chi connectivity index (χ4v) is 3.64. The number of rotatable bonds is 4. The van der Waals surface area contributed by atoms with Gasteiger partial charge in [0.15, 0.2) is 5.82 Å². The number of nitrogens with zero attached hydrogens (tertiary/aromatic N) is 4. The van der Waals surface area contributed by atoms with Crippen LogP contribution in [0.25, 0.3) is 22.3 Å². The van der Waals surface area contributed by atoms with Crippen LogP contribution >= 0.6 is 0 Å². The Bertz CT molecular complexity index is 944. The molecular formula is C21H23N5O. The van der Waals surface area contributed by atoms with E-state index in [0.29, 0.717) is 12.5 Å². The SMILES string of the molecule is CC(=O)NCC1CCCN(c2nc(-c3ccncc3)nc3ccccc23)C1. The molecule has 1 atom stereocenters. The molecule has 1 amide bonds. The lowest BCUT2D eigenvalue weighted by Gasteiger charge is -2.34. The van der Waals surface area contributed by atoms with Gasteiger partial charge in [0.25, 0.3) is 0 Å². The van der Waals surface area contributed by atoms with E-state index in [0.717, 1.165) is 54.0 Å². The topological polar surface area (TPSA) is 71.0 Å². The van der Waals surface area contributed by atoms with Crippen LogP contribution < -0.4 is 10.2 Å². The van der Waals surface area contributed by atoms with Gasteiger partial charge >= 0.3 is 0 Å². The first-order chi connectivity index (χ1) is 13.2. The van der Waals surface area contributed by atoms with Crippen molar-refractivity contribution in [2.24, 2.45) is 5.92 Å². The Morgan fingerprint density at radius 3 is 2.81 bits per heavy atom. The molecule has 3 heterocycles. The molecule has 1 unspecified atom stereocenters. The van der Waals surface area contributed by atoms with Crippen molar-refractivity contribution in [2.75, 3.05) is 24.5 Å². The lowest BCUT2D eigenvalue weighted by atomic mass is 9.97. The number of fused-ring (bicyclic) bond motifs is 1. The molecule has 0 spiro atoms. The first kappa shape index (κ1) is 17.4. The fourth-order valence-electron chi connectivity index (χ4n) is 3.64. The number of carbonyl (C=O) groups is 1. The van der Waals surface area contributed by atoms with E-state index in [1.807, 2.05) is 30.3 Å². The number of amides is 1. The molecule has 27 heavy (non-hydrogen) atoms. The maximum Gasteiger partial charge on any atom is 0.216 e. The Balaban J connectivity index is 1.70. The third kappa shape index (κ3) is 3.89. The summed E-state index contributed by atoms with van der Waals surface area (Å²) in [5.74, 6) is 2.15. The summed E-state index contributed by atoms with van der Waals surface area (Å²) in [7, 11) is 0. The van der Waals surface area contributed by atoms with Crippen LogP contribution in [0.1, 0.15) is 19.8 Å². The number of hydrogen-bond acceptors (Lipinski definition) is 5. The zero-order valence-corrected chi connectivity index (χ0v) is 15.4. The zero-order valence-electron chi connectivity index (χ0n) is 15.4. The highest BCUT2D eigenvalue weighted by Crippen LogP contribution is 2.30. The number of nitrogens with one attached hydrogen (secondary N) is 1. The predicted octanol–water partition coefficient (Wildman–Crippen LogP) is 3.04. The van der Waals surface area contributed by atoms with Gasteiger partial charge in [0.05, 0.1) is 5.52 Å². The van der Waals surface area contributed by atoms with Crippen LogP contribution in [0.15, 0.2) is 48.8 Å². The smallest absolute Gasteiger partial charge is 0.216 e. The Morgan fingerprint density at radius 2 is 2.00 bits per heavy atom. The van der Waals surface area contributed by atoms with Gasteiger partial charge in [-0.3, -0.25) is 9.78 Å². The van der Waals surface area contributed by atoms with Gasteiger partial charge in [0.2, 0.25) is 5.91 Å². The van der Waals surface area contributed by atoms with E-state index >= 15 is 0 Å². The molecule has 1 fully saturated rings. The molecule has 1 N–H and O–H groups in total. The molecule has 2 aromatic heterocycles. The number of hydrogen-bond donors (Lipinski definition) is 1. The van der Waals surface area contributed by atoms with E-state index in [1.54, 1.807) is 19.3 Å². The van der Waals surface area contributed by atoms with E-state index in [-0.39, 0.29) is 5.91 Å². The number of benzene rings is 1. The second-order valence-corrected chi connectivity index (χ2v) is 7.02. The number of pyridine rings is 1. The fraction of sp³-hybridized carbons (Fsp3) is 0.333. The summed E-state index contributed by atoms with van der Waals surface area (Å²) in [6.07, 6.45) is 5.74. The first-order valence-corrected chi connectivity index (χ1v) is 9.37. The van der Waals surface area contributed by atoms with E-state index in [9.17, 15) is 4.79 Å². The summed E-state index contributed by atoms with van der Waals surface area (Å²) in [6, 6.07) is 12.0. The maximum atomic E-state index is 11.3. The maximum absolute atomic E-state index is 11.3. The number of anilines is 1. The second-order valence-electron chi connectivity index (χ2n) is 7.02. The Morgan fingerprint density at radius 1 is 1.19 bits per heavy atom. The van der Waals surface area contributed by atoms with Crippen LogP contribution in [-0.4, -0.2) is 40.5 Å². The summed E-state index contributed by atoms with van der Waals surface area (Å²) in [5, 5.41) is 4.02. The summed E-state index contributed by atoms with van der Waals surface area (Å²) in [5.41, 5.74) is 1.90. The van der Waals surface area contributed by atoms with Crippen LogP contribution in [-0.2, 0) is 4.79 Å². The number of para-hydroxylation sites is 1. The molecule has 3 aromatic rings. The summed E-state index contributed by atoms with van der Waals surface area (Å²) in [6.45, 7) is 4.13. The second kappa shape index (κ2) is 7.70. The average molecular weight is 361 g/mol. The number of carbonyl (C=O) groups excluding carboxylic acids is 1. The van der Waals surface area contributed by atoms with E-state index in [1.165, 1.54) is 0 Å². The van der Waals surface area contributed by atoms with E-state index in [4.69, 9.17) is 9.97 Å². The normalized spacial score (nSPS) is 17.1. The van der Waals surface area contributed by atoms with Crippen LogP contribution in [0.3, 0.4) is 0 Å². The van der Waals surface area contributed by atoms with Gasteiger partial charge in [0, 0.05) is 49.9 Å². The highest BCUT2D eigenvalue weighted by molar-refractivity contribution is 5.91. The Labute approximate surface area is 158 Å². The van der Waals surface area contributed by atoms with Crippen molar-refractivity contribution < 1.29 is 4.79 Å². The van der Waals surface area contributed by atoms with Crippen LogP contribution in [0.2, 0.25) is 0 Å². The minimum atomic E-state index is 0.0274. The van der Waals surface area contributed by atoms with Gasteiger partial charge in [-0.2, -0.15) is 0 Å². The van der Waals surface area contributed by atoms with Crippen molar-refractivity contribution in [3.8, 4) is 11.4 Å².